The minimum absolute atomic E-state index is 0.00954. The Balaban J connectivity index is 1.90. The van der Waals surface area contributed by atoms with Crippen LogP contribution in [0.15, 0.2) is 0 Å². The Bertz CT molecular complexity index is 238. The summed E-state index contributed by atoms with van der Waals surface area (Å²) in [5.41, 5.74) is 11.8. The Morgan fingerprint density at radius 3 is 2.33 bits per heavy atom. The van der Waals surface area contributed by atoms with E-state index in [4.69, 9.17) is 11.5 Å². The van der Waals surface area contributed by atoms with E-state index < -0.39 is 0 Å². The summed E-state index contributed by atoms with van der Waals surface area (Å²) in [6.45, 7) is 1.88. The molecule has 4 N–H and O–H groups in total. The second kappa shape index (κ2) is 4.49. The summed E-state index contributed by atoms with van der Waals surface area (Å²) in [4.78, 5) is 14.1. The number of carbonyl (C=O) groups is 1. The van der Waals surface area contributed by atoms with Gasteiger partial charge in [0, 0.05) is 31.1 Å². The van der Waals surface area contributed by atoms with Gasteiger partial charge in [-0.05, 0) is 32.1 Å². The van der Waals surface area contributed by atoms with Crippen LogP contribution in [0.3, 0.4) is 0 Å². The summed E-state index contributed by atoms with van der Waals surface area (Å²) in [5.74, 6) is 0.452. The molecule has 1 saturated heterocycles. The maximum absolute atomic E-state index is 12.1. The molecule has 1 aliphatic carbocycles. The maximum atomic E-state index is 12.1. The van der Waals surface area contributed by atoms with Crippen LogP contribution in [0.4, 0.5) is 0 Å². The van der Waals surface area contributed by atoms with Crippen molar-refractivity contribution in [2.24, 2.45) is 17.4 Å². The SMILES string of the molecule is N[C@@H]1CC(C(=O)N2CCCC2)CC[C@@H]1N. The summed E-state index contributed by atoms with van der Waals surface area (Å²) < 4.78 is 0. The lowest BCUT2D eigenvalue weighted by Crippen LogP contribution is -2.49. The number of hydrogen-bond donors (Lipinski definition) is 2. The quantitative estimate of drug-likeness (QED) is 0.644. The summed E-state index contributed by atoms with van der Waals surface area (Å²) in [5, 5.41) is 0. The molecule has 2 rings (SSSR count). The number of rotatable bonds is 1. The fraction of sp³-hybridized carbons (Fsp3) is 0.909. The van der Waals surface area contributed by atoms with Gasteiger partial charge in [0.05, 0.1) is 0 Å². The molecule has 1 aliphatic heterocycles. The smallest absolute Gasteiger partial charge is 0.225 e. The lowest BCUT2D eigenvalue weighted by molar-refractivity contribution is -0.135. The molecule has 4 heteroatoms. The number of nitrogens with zero attached hydrogens (tertiary/aromatic N) is 1. The predicted molar refractivity (Wildman–Crippen MR) is 59.1 cm³/mol. The van der Waals surface area contributed by atoms with Gasteiger partial charge in [-0.2, -0.15) is 0 Å². The zero-order chi connectivity index (χ0) is 10.8. The van der Waals surface area contributed by atoms with E-state index in [9.17, 15) is 4.79 Å². The summed E-state index contributed by atoms with van der Waals surface area (Å²) in [6.07, 6.45) is 4.90. The number of nitrogens with two attached hydrogens (primary N) is 2. The highest BCUT2D eigenvalue weighted by atomic mass is 16.2. The average Bonchev–Trinajstić information content (AvgIpc) is 2.74. The van der Waals surface area contributed by atoms with Gasteiger partial charge in [0.2, 0.25) is 5.91 Å². The van der Waals surface area contributed by atoms with Gasteiger partial charge in [0.1, 0.15) is 0 Å². The van der Waals surface area contributed by atoms with Crippen LogP contribution in [0.25, 0.3) is 0 Å². The third-order valence-corrected chi connectivity index (χ3v) is 3.72. The minimum Gasteiger partial charge on any atom is -0.342 e. The lowest BCUT2D eigenvalue weighted by Gasteiger charge is -2.32. The zero-order valence-corrected chi connectivity index (χ0v) is 9.19. The zero-order valence-electron chi connectivity index (χ0n) is 9.19. The fourth-order valence-corrected chi connectivity index (χ4v) is 2.65. The first-order chi connectivity index (χ1) is 7.18. The van der Waals surface area contributed by atoms with E-state index in [1.165, 1.54) is 0 Å². The molecule has 0 radical (unpaired) electrons. The molecule has 1 heterocycles. The van der Waals surface area contributed by atoms with Gasteiger partial charge in [-0.3, -0.25) is 4.79 Å². The van der Waals surface area contributed by atoms with E-state index in [0.717, 1.165) is 45.2 Å². The molecule has 0 aromatic carbocycles. The molecule has 0 bridgehead atoms. The Hall–Kier alpha value is -0.610. The van der Waals surface area contributed by atoms with Crippen LogP contribution < -0.4 is 11.5 Å². The van der Waals surface area contributed by atoms with E-state index in [1.54, 1.807) is 0 Å². The highest BCUT2D eigenvalue weighted by Crippen LogP contribution is 2.25. The average molecular weight is 211 g/mol. The first kappa shape index (κ1) is 10.9. The maximum Gasteiger partial charge on any atom is 0.225 e. The minimum atomic E-state index is 0.00954. The summed E-state index contributed by atoms with van der Waals surface area (Å²) in [7, 11) is 0. The molecule has 4 nitrogen and oxygen atoms in total. The van der Waals surface area contributed by atoms with Crippen molar-refractivity contribution in [3.63, 3.8) is 0 Å². The van der Waals surface area contributed by atoms with Gasteiger partial charge in [-0.15, -0.1) is 0 Å². The molecule has 3 atom stereocenters. The van der Waals surface area contributed by atoms with Gasteiger partial charge in [-0.1, -0.05) is 0 Å². The topological polar surface area (TPSA) is 72.4 Å². The highest BCUT2D eigenvalue weighted by Gasteiger charge is 2.33. The van der Waals surface area contributed by atoms with Crippen molar-refractivity contribution in [1.29, 1.82) is 0 Å². The van der Waals surface area contributed by atoms with Crippen LogP contribution in [0, 0.1) is 5.92 Å². The van der Waals surface area contributed by atoms with Crippen LogP contribution in [0.2, 0.25) is 0 Å². The van der Waals surface area contributed by atoms with Crippen LogP contribution in [0.5, 0.6) is 0 Å². The summed E-state index contributed by atoms with van der Waals surface area (Å²) in [6, 6.07) is 0.0999. The second-order valence-electron chi connectivity index (χ2n) is 4.87. The number of likely N-dealkylation sites (tertiary alicyclic amines) is 1. The molecule has 2 fully saturated rings. The molecule has 1 amide bonds. The lowest BCUT2D eigenvalue weighted by atomic mass is 9.82. The molecule has 15 heavy (non-hydrogen) atoms. The van der Waals surface area contributed by atoms with Crippen molar-refractivity contribution in [3.8, 4) is 0 Å². The standard InChI is InChI=1S/C11H21N3O/c12-9-4-3-8(7-10(9)13)11(15)14-5-1-2-6-14/h8-10H,1-7,12-13H2/t8?,9-,10+/m0/s1. The van der Waals surface area contributed by atoms with Crippen LogP contribution in [-0.2, 0) is 4.79 Å². The third-order valence-electron chi connectivity index (χ3n) is 3.72. The van der Waals surface area contributed by atoms with E-state index in [2.05, 4.69) is 0 Å². The van der Waals surface area contributed by atoms with Gasteiger partial charge < -0.3 is 16.4 Å². The van der Waals surface area contributed by atoms with Crippen LogP contribution in [0.1, 0.15) is 32.1 Å². The Kier molecular flexibility index (Phi) is 3.26. The van der Waals surface area contributed by atoms with Gasteiger partial charge in [-0.25, -0.2) is 0 Å². The van der Waals surface area contributed by atoms with E-state index in [0.29, 0.717) is 5.91 Å². The monoisotopic (exact) mass is 211 g/mol. The van der Waals surface area contributed by atoms with E-state index >= 15 is 0 Å². The van der Waals surface area contributed by atoms with Gasteiger partial charge in [0.15, 0.2) is 0 Å². The Morgan fingerprint density at radius 2 is 1.73 bits per heavy atom. The van der Waals surface area contributed by atoms with Crippen molar-refractivity contribution in [3.05, 3.63) is 0 Å². The summed E-state index contributed by atoms with van der Waals surface area (Å²) >= 11 is 0. The normalized spacial score (nSPS) is 36.9. The van der Waals surface area contributed by atoms with E-state index in [-0.39, 0.29) is 18.0 Å². The number of hydrogen-bond acceptors (Lipinski definition) is 3. The molecule has 2 aliphatic rings. The highest BCUT2D eigenvalue weighted by molar-refractivity contribution is 5.79. The molecular weight excluding hydrogens is 190 g/mol. The Morgan fingerprint density at radius 1 is 1.07 bits per heavy atom. The predicted octanol–water partition coefficient (Wildman–Crippen LogP) is 0.0635. The molecule has 1 saturated carbocycles. The largest absolute Gasteiger partial charge is 0.342 e. The molecule has 0 aromatic heterocycles. The van der Waals surface area contributed by atoms with Crippen LogP contribution >= 0.6 is 0 Å². The second-order valence-corrected chi connectivity index (χ2v) is 4.87. The first-order valence-electron chi connectivity index (χ1n) is 5.98. The van der Waals surface area contributed by atoms with Gasteiger partial charge >= 0.3 is 0 Å². The fourth-order valence-electron chi connectivity index (χ4n) is 2.65. The third kappa shape index (κ3) is 2.32. The van der Waals surface area contributed by atoms with Crippen molar-refractivity contribution < 1.29 is 4.79 Å². The van der Waals surface area contributed by atoms with Crippen molar-refractivity contribution in [2.45, 2.75) is 44.2 Å². The van der Waals surface area contributed by atoms with Crippen LogP contribution in [-0.4, -0.2) is 36.0 Å². The number of carbonyl (C=O) groups excluding carboxylic acids is 1. The molecule has 86 valence electrons. The molecular formula is C11H21N3O. The van der Waals surface area contributed by atoms with E-state index in [1.807, 2.05) is 4.90 Å². The first-order valence-corrected chi connectivity index (χ1v) is 5.98. The van der Waals surface area contributed by atoms with Crippen molar-refractivity contribution in [1.82, 2.24) is 4.90 Å². The van der Waals surface area contributed by atoms with Gasteiger partial charge in [0.25, 0.3) is 0 Å². The Labute approximate surface area is 91.0 Å². The molecule has 1 unspecified atom stereocenters. The number of amides is 1. The van der Waals surface area contributed by atoms with Crippen molar-refractivity contribution >= 4 is 5.91 Å². The molecule has 0 spiro atoms. The van der Waals surface area contributed by atoms with Crippen molar-refractivity contribution in [2.75, 3.05) is 13.1 Å². The molecule has 0 aromatic rings.